The summed E-state index contributed by atoms with van der Waals surface area (Å²) in [4.78, 5) is 10.8. The first-order chi connectivity index (χ1) is 8.23. The zero-order valence-electron chi connectivity index (χ0n) is 9.51. The van der Waals surface area contributed by atoms with Crippen LogP contribution in [0.15, 0.2) is 0 Å². The van der Waals surface area contributed by atoms with Gasteiger partial charge in [-0.3, -0.25) is 0 Å². The van der Waals surface area contributed by atoms with Gasteiger partial charge in [-0.25, -0.2) is 4.79 Å². The summed E-state index contributed by atoms with van der Waals surface area (Å²) in [6.45, 7) is -0.310. The number of carboxylic acid groups (broad SMARTS) is 1. The maximum atomic E-state index is 10.8. The highest BCUT2D eigenvalue weighted by atomic mass is 16.7. The summed E-state index contributed by atoms with van der Waals surface area (Å²) in [5.74, 6) is -4.37. The van der Waals surface area contributed by atoms with Crippen LogP contribution in [0.25, 0.3) is 0 Å². The molecular formula is C9H18N2O7. The summed E-state index contributed by atoms with van der Waals surface area (Å²) >= 11 is 0. The van der Waals surface area contributed by atoms with Crippen molar-refractivity contribution in [1.82, 2.24) is 0 Å². The number of aliphatic carboxylic acids is 1. The van der Waals surface area contributed by atoms with Crippen LogP contribution >= 0.6 is 0 Å². The van der Waals surface area contributed by atoms with Gasteiger partial charge in [0.1, 0.15) is 12.2 Å². The van der Waals surface area contributed by atoms with Crippen LogP contribution in [0.1, 0.15) is 6.42 Å². The molecule has 0 saturated carbocycles. The molecule has 1 rings (SSSR count). The van der Waals surface area contributed by atoms with E-state index in [1.807, 2.05) is 0 Å². The van der Waals surface area contributed by atoms with E-state index in [9.17, 15) is 25.2 Å². The second kappa shape index (κ2) is 5.45. The fraction of sp³-hybridized carbons (Fsp3) is 0.889. The molecule has 0 spiro atoms. The van der Waals surface area contributed by atoms with Gasteiger partial charge in [0.05, 0.1) is 18.2 Å². The lowest BCUT2D eigenvalue weighted by Crippen LogP contribution is -2.65. The summed E-state index contributed by atoms with van der Waals surface area (Å²) in [7, 11) is 0. The summed E-state index contributed by atoms with van der Waals surface area (Å²) in [6, 6.07) is -1.15. The number of nitrogens with two attached hydrogens (primary N) is 2. The minimum Gasteiger partial charge on any atom is -0.477 e. The standard InChI is InChI=1S/C9H18N2O7/c10-2-4(13)6(14)7-5(11)3(12)1-9(17,18-7)8(15)16/h3-7,12-14,17H,1-2,10-11H2,(H,15,16). The Hall–Kier alpha value is -0.810. The molecule has 1 fully saturated rings. The van der Waals surface area contributed by atoms with Gasteiger partial charge < -0.3 is 41.7 Å². The van der Waals surface area contributed by atoms with Crippen molar-refractivity contribution in [1.29, 1.82) is 0 Å². The van der Waals surface area contributed by atoms with Crippen molar-refractivity contribution in [2.75, 3.05) is 6.54 Å². The van der Waals surface area contributed by atoms with E-state index in [0.29, 0.717) is 0 Å². The highest BCUT2D eigenvalue weighted by Crippen LogP contribution is 2.29. The molecule has 9 heteroatoms. The lowest BCUT2D eigenvalue weighted by Gasteiger charge is -2.43. The highest BCUT2D eigenvalue weighted by Gasteiger charge is 2.52. The topological polar surface area (TPSA) is 179 Å². The Labute approximate surface area is 103 Å². The molecule has 0 aliphatic carbocycles. The molecule has 0 aromatic carbocycles. The van der Waals surface area contributed by atoms with Crippen molar-refractivity contribution in [2.24, 2.45) is 11.5 Å². The van der Waals surface area contributed by atoms with Crippen LogP contribution in [0, 0.1) is 0 Å². The van der Waals surface area contributed by atoms with Gasteiger partial charge in [0.2, 0.25) is 0 Å². The van der Waals surface area contributed by atoms with Gasteiger partial charge in [-0.2, -0.15) is 0 Å². The summed E-state index contributed by atoms with van der Waals surface area (Å²) in [6.07, 6.45) is -6.51. The molecule has 0 aromatic heterocycles. The Bertz CT molecular complexity index is 315. The Morgan fingerprint density at radius 2 is 2.06 bits per heavy atom. The molecular weight excluding hydrogens is 248 g/mol. The van der Waals surface area contributed by atoms with Gasteiger partial charge in [-0.1, -0.05) is 0 Å². The molecule has 0 aromatic rings. The Morgan fingerprint density at radius 1 is 1.50 bits per heavy atom. The quantitative estimate of drug-likeness (QED) is 0.266. The van der Waals surface area contributed by atoms with E-state index < -0.39 is 48.6 Å². The molecule has 0 radical (unpaired) electrons. The summed E-state index contributed by atoms with van der Waals surface area (Å²) in [5.41, 5.74) is 10.7. The first-order valence-corrected chi connectivity index (χ1v) is 5.36. The van der Waals surface area contributed by atoms with Crippen molar-refractivity contribution in [3.63, 3.8) is 0 Å². The molecule has 1 aliphatic heterocycles. The van der Waals surface area contributed by atoms with Crippen molar-refractivity contribution in [2.45, 2.75) is 42.7 Å². The van der Waals surface area contributed by atoms with Crippen molar-refractivity contribution < 1.29 is 35.1 Å². The lowest BCUT2D eigenvalue weighted by molar-refractivity contribution is -0.291. The van der Waals surface area contributed by atoms with Crippen molar-refractivity contribution >= 4 is 5.97 Å². The predicted molar refractivity (Wildman–Crippen MR) is 57.1 cm³/mol. The molecule has 9 nitrogen and oxygen atoms in total. The molecule has 1 saturated heterocycles. The zero-order valence-corrected chi connectivity index (χ0v) is 9.51. The van der Waals surface area contributed by atoms with Crippen LogP contribution in [0.5, 0.6) is 0 Å². The zero-order chi connectivity index (χ0) is 14.1. The number of hydrogen-bond acceptors (Lipinski definition) is 8. The van der Waals surface area contributed by atoms with Gasteiger partial charge in [-0.15, -0.1) is 0 Å². The summed E-state index contributed by atoms with van der Waals surface area (Å²) < 4.78 is 4.81. The third-order valence-electron chi connectivity index (χ3n) is 2.95. The lowest BCUT2D eigenvalue weighted by atomic mass is 9.89. The largest absolute Gasteiger partial charge is 0.477 e. The molecule has 0 bridgehead atoms. The average Bonchev–Trinajstić information content (AvgIpc) is 2.31. The third kappa shape index (κ3) is 2.78. The number of aliphatic hydroxyl groups is 4. The number of aliphatic hydroxyl groups excluding tert-OH is 3. The van der Waals surface area contributed by atoms with Gasteiger partial charge in [0.15, 0.2) is 0 Å². The third-order valence-corrected chi connectivity index (χ3v) is 2.95. The van der Waals surface area contributed by atoms with Gasteiger partial charge in [0.25, 0.3) is 5.79 Å². The van der Waals surface area contributed by atoms with Crippen LogP contribution in [0.3, 0.4) is 0 Å². The molecule has 6 unspecified atom stereocenters. The minimum atomic E-state index is -2.66. The SMILES string of the molecule is NCC(O)C(O)C1OC(O)(C(=O)O)CC(O)C1N. The van der Waals surface area contributed by atoms with E-state index in [2.05, 4.69) is 0 Å². The monoisotopic (exact) mass is 266 g/mol. The van der Waals surface area contributed by atoms with Gasteiger partial charge in [0, 0.05) is 13.0 Å². The maximum Gasteiger partial charge on any atom is 0.364 e. The molecule has 6 atom stereocenters. The molecule has 18 heavy (non-hydrogen) atoms. The number of hydrogen-bond donors (Lipinski definition) is 7. The Balaban J connectivity index is 2.92. The van der Waals surface area contributed by atoms with Gasteiger partial charge >= 0.3 is 5.97 Å². The first-order valence-electron chi connectivity index (χ1n) is 5.36. The van der Waals surface area contributed by atoms with Crippen molar-refractivity contribution in [3.05, 3.63) is 0 Å². The van der Waals surface area contributed by atoms with Crippen LogP contribution in [0.2, 0.25) is 0 Å². The minimum absolute atomic E-state index is 0.310. The summed E-state index contributed by atoms with van der Waals surface area (Å²) in [5, 5.41) is 47.1. The fourth-order valence-corrected chi connectivity index (χ4v) is 1.78. The number of carboxylic acids is 1. The normalized spacial score (nSPS) is 40.2. The first kappa shape index (κ1) is 15.2. The molecule has 1 aliphatic rings. The van der Waals surface area contributed by atoms with E-state index in [1.165, 1.54) is 0 Å². The second-order valence-corrected chi connectivity index (χ2v) is 4.31. The van der Waals surface area contributed by atoms with Crippen molar-refractivity contribution in [3.8, 4) is 0 Å². The molecule has 106 valence electrons. The molecule has 1 heterocycles. The van der Waals surface area contributed by atoms with Crippen LogP contribution in [-0.4, -0.2) is 74.3 Å². The molecule has 0 amide bonds. The van der Waals surface area contributed by atoms with E-state index in [0.717, 1.165) is 0 Å². The average molecular weight is 266 g/mol. The smallest absolute Gasteiger partial charge is 0.364 e. The van der Waals surface area contributed by atoms with Crippen LogP contribution in [-0.2, 0) is 9.53 Å². The van der Waals surface area contributed by atoms with Crippen LogP contribution < -0.4 is 11.5 Å². The number of rotatable bonds is 4. The Morgan fingerprint density at radius 3 is 2.50 bits per heavy atom. The van der Waals surface area contributed by atoms with Crippen LogP contribution in [0.4, 0.5) is 0 Å². The second-order valence-electron chi connectivity index (χ2n) is 4.31. The van der Waals surface area contributed by atoms with E-state index in [4.69, 9.17) is 21.3 Å². The highest BCUT2D eigenvalue weighted by molar-refractivity contribution is 5.75. The predicted octanol–water partition coefficient (Wildman–Crippen LogP) is -4.08. The Kier molecular flexibility index (Phi) is 4.61. The van der Waals surface area contributed by atoms with E-state index in [-0.39, 0.29) is 6.54 Å². The fourth-order valence-electron chi connectivity index (χ4n) is 1.78. The van der Waals surface area contributed by atoms with E-state index >= 15 is 0 Å². The number of carbonyl (C=O) groups is 1. The number of ether oxygens (including phenoxy) is 1. The van der Waals surface area contributed by atoms with E-state index in [1.54, 1.807) is 0 Å². The molecule has 9 N–H and O–H groups in total. The maximum absolute atomic E-state index is 10.8. The van der Waals surface area contributed by atoms with Gasteiger partial charge in [-0.05, 0) is 0 Å².